The molecule has 0 spiro atoms. The fraction of sp³-hybridized carbons (Fsp3) is 0.250. The maximum atomic E-state index is 6.08. The number of hydrogen-bond donors (Lipinski definition) is 0. The minimum absolute atomic E-state index is 0.533. The average molecular weight is 1320 g/mol. The lowest BCUT2D eigenvalue weighted by Gasteiger charge is -2.10. The molecule has 22 bridgehead atoms. The van der Waals surface area contributed by atoms with Crippen LogP contribution in [0, 0.1) is 0 Å². The van der Waals surface area contributed by atoms with Gasteiger partial charge in [0.25, 0.3) is 0 Å². The van der Waals surface area contributed by atoms with Gasteiger partial charge in [0.1, 0.15) is 0 Å². The molecule has 99 heavy (non-hydrogen) atoms. The van der Waals surface area contributed by atoms with E-state index in [1.807, 2.05) is 0 Å². The Morgan fingerprint density at radius 3 is 0.162 bits per heavy atom. The molecule has 11 aromatic carbocycles. The summed E-state index contributed by atoms with van der Waals surface area (Å²) in [6.45, 7) is 11.7. The van der Waals surface area contributed by atoms with Gasteiger partial charge < -0.3 is 52.1 Å². The fourth-order valence-electron chi connectivity index (χ4n) is 11.2. The summed E-state index contributed by atoms with van der Waals surface area (Å²) in [6.07, 6.45) is 0. The first-order valence-electron chi connectivity index (χ1n) is 34.2. The van der Waals surface area contributed by atoms with Gasteiger partial charge in [0, 0.05) is 0 Å². The smallest absolute Gasteiger partial charge is 0.0721 e. The molecule has 11 nitrogen and oxygen atoms in total. The van der Waals surface area contributed by atoms with Crippen LogP contribution >= 0.6 is 0 Å². The van der Waals surface area contributed by atoms with Crippen LogP contribution in [0.2, 0.25) is 0 Å². The van der Waals surface area contributed by atoms with Crippen molar-refractivity contribution in [2.45, 2.75) is 145 Å². The third kappa shape index (κ3) is 24.1. The minimum Gasteiger partial charge on any atom is -0.372 e. The molecule has 0 aromatic heterocycles. The van der Waals surface area contributed by atoms with Crippen LogP contribution in [0.5, 0.6) is 0 Å². The second-order valence-electron chi connectivity index (χ2n) is 25.4. The molecular formula is C88H88O11. The van der Waals surface area contributed by atoms with Crippen LogP contribution in [0.3, 0.4) is 0 Å². The summed E-state index contributed by atoms with van der Waals surface area (Å²) < 4.78 is 66.9. The molecule has 0 unspecified atom stereocenters. The van der Waals surface area contributed by atoms with E-state index in [-0.39, 0.29) is 0 Å². The van der Waals surface area contributed by atoms with Crippen LogP contribution in [-0.4, -0.2) is 0 Å². The molecule has 0 amide bonds. The van der Waals surface area contributed by atoms with Crippen molar-refractivity contribution in [2.75, 3.05) is 0 Å². The molecule has 0 radical (unpaired) electrons. The van der Waals surface area contributed by atoms with Crippen molar-refractivity contribution >= 4 is 0 Å². The summed E-state index contributed by atoms with van der Waals surface area (Å²) in [5.74, 6) is 0. The molecule has 0 aliphatic carbocycles. The first-order valence-corrected chi connectivity index (χ1v) is 34.2. The number of ether oxygens (including phenoxy) is 11. The van der Waals surface area contributed by atoms with E-state index in [0.29, 0.717) is 145 Å². The summed E-state index contributed by atoms with van der Waals surface area (Å²) in [7, 11) is 0. The Hall–Kier alpha value is -9.02. The molecule has 33 rings (SSSR count). The van der Waals surface area contributed by atoms with E-state index in [4.69, 9.17) is 52.1 Å². The Labute approximate surface area is 583 Å². The van der Waals surface area contributed by atoms with Gasteiger partial charge in [-0.3, -0.25) is 0 Å². The zero-order valence-electron chi connectivity index (χ0n) is 56.5. The van der Waals surface area contributed by atoms with Gasteiger partial charge in [-0.25, -0.2) is 0 Å². The average Bonchev–Trinajstić information content (AvgIpc) is 2.35. The summed E-state index contributed by atoms with van der Waals surface area (Å²) in [6, 6.07) is 92.8. The molecule has 0 atom stereocenters. The van der Waals surface area contributed by atoms with Crippen molar-refractivity contribution in [3.05, 3.63) is 389 Å². The zero-order chi connectivity index (χ0) is 67.1. The van der Waals surface area contributed by atoms with Crippen molar-refractivity contribution in [1.29, 1.82) is 0 Å². The van der Waals surface area contributed by atoms with Gasteiger partial charge in [0.2, 0.25) is 0 Å². The van der Waals surface area contributed by atoms with E-state index in [2.05, 4.69) is 267 Å². The highest BCUT2D eigenvalue weighted by Gasteiger charge is 2.08. The topological polar surface area (TPSA) is 102 Å². The van der Waals surface area contributed by atoms with Crippen molar-refractivity contribution in [2.24, 2.45) is 0 Å². The van der Waals surface area contributed by atoms with Crippen molar-refractivity contribution in [1.82, 2.24) is 0 Å². The van der Waals surface area contributed by atoms with E-state index >= 15 is 0 Å². The minimum atomic E-state index is 0.533. The third-order valence-corrected chi connectivity index (χ3v) is 17.2. The van der Waals surface area contributed by atoms with Crippen molar-refractivity contribution in [3.8, 4) is 0 Å². The molecule has 506 valence electrons. The van der Waals surface area contributed by atoms with E-state index < -0.39 is 0 Å². The SMILES string of the molecule is c1cc2ccc1COCc1ccc(cc1)COCc1ccc(cc1)COCc1ccc(cc1)COCc1ccc(cc1)COCc1ccc(cc1)COCc1ccc(cc1)COCc1ccc(cc1)COCc1ccc(cc1)COCc1ccc(cc1)COCc1ccc(cc1)COC2. The van der Waals surface area contributed by atoms with Crippen LogP contribution in [0.15, 0.2) is 267 Å². The van der Waals surface area contributed by atoms with Gasteiger partial charge in [-0.2, -0.15) is 0 Å². The highest BCUT2D eigenvalue weighted by atomic mass is 16.5. The molecule has 0 fully saturated rings. The Kier molecular flexibility index (Phi) is 27.1. The first kappa shape index (κ1) is 69.9. The standard InChI is InChI=1S/C88H88O11/c1-2-68-4-3-67(1)45-89-47-69-5-7-71(8-6-69)49-91-51-73-13-15-75(16-14-73)53-93-55-77-21-23-79(24-22-77)57-95-59-81-29-31-83(32-30-81)61-97-63-85-37-39-87(40-38-85)65-99-66-88-43-41-86(42-44-88)64-98-62-84-35-33-82(34-36-84)60-96-58-80-27-25-78(26-28-80)56-94-54-76-19-17-74(18-20-76)52-92-50-72-11-9-70(10-12-72)48-90-46-68/h1-44H,45-66H2. The molecule has 22 aliphatic rings. The second-order valence-corrected chi connectivity index (χ2v) is 25.4. The Balaban J connectivity index is 0.570. The largest absolute Gasteiger partial charge is 0.372 e. The monoisotopic (exact) mass is 1320 g/mol. The molecule has 22 aliphatic heterocycles. The van der Waals surface area contributed by atoms with E-state index in [9.17, 15) is 0 Å². The fourth-order valence-corrected chi connectivity index (χ4v) is 11.2. The Morgan fingerprint density at radius 1 is 0.0808 bits per heavy atom. The van der Waals surface area contributed by atoms with Gasteiger partial charge in [0.15, 0.2) is 0 Å². The maximum Gasteiger partial charge on any atom is 0.0721 e. The molecule has 0 saturated heterocycles. The van der Waals surface area contributed by atoms with Gasteiger partial charge in [0.05, 0.1) is 145 Å². The van der Waals surface area contributed by atoms with Gasteiger partial charge >= 0.3 is 0 Å². The molecule has 11 heteroatoms. The van der Waals surface area contributed by atoms with Crippen LogP contribution < -0.4 is 0 Å². The lowest BCUT2D eigenvalue weighted by atomic mass is 10.1. The normalized spacial score (nSPS) is 15.6. The van der Waals surface area contributed by atoms with Crippen LogP contribution in [0.25, 0.3) is 0 Å². The summed E-state index contributed by atoms with van der Waals surface area (Å²) >= 11 is 0. The van der Waals surface area contributed by atoms with Crippen LogP contribution in [-0.2, 0) is 197 Å². The molecule has 0 N–H and O–H groups in total. The van der Waals surface area contributed by atoms with Gasteiger partial charge in [-0.05, 0) is 122 Å². The third-order valence-electron chi connectivity index (χ3n) is 17.2. The lowest BCUT2D eigenvalue weighted by molar-refractivity contribution is 0.103. The molecule has 22 heterocycles. The summed E-state index contributed by atoms with van der Waals surface area (Å²) in [5.41, 5.74) is 24.7. The van der Waals surface area contributed by atoms with Crippen molar-refractivity contribution < 1.29 is 52.1 Å². The summed E-state index contributed by atoms with van der Waals surface area (Å²) in [5, 5.41) is 0. The highest BCUT2D eigenvalue weighted by Crippen LogP contribution is 2.21. The predicted octanol–water partition coefficient (Wildman–Crippen LogP) is 18.9. The number of rotatable bonds is 0. The van der Waals surface area contributed by atoms with Gasteiger partial charge in [-0.1, -0.05) is 267 Å². The highest BCUT2D eigenvalue weighted by molar-refractivity contribution is 5.30. The maximum absolute atomic E-state index is 6.08. The molecule has 11 aromatic rings. The zero-order valence-corrected chi connectivity index (χ0v) is 56.5. The molecular weight excluding hydrogens is 1230 g/mol. The van der Waals surface area contributed by atoms with Crippen LogP contribution in [0.4, 0.5) is 0 Å². The van der Waals surface area contributed by atoms with Crippen molar-refractivity contribution in [3.63, 3.8) is 0 Å². The number of benzene rings is 11. The van der Waals surface area contributed by atoms with E-state index in [1.54, 1.807) is 0 Å². The van der Waals surface area contributed by atoms with Gasteiger partial charge in [-0.15, -0.1) is 0 Å². The van der Waals surface area contributed by atoms with Crippen LogP contribution in [0.1, 0.15) is 122 Å². The first-order chi connectivity index (χ1) is 48.9. The molecule has 0 saturated carbocycles. The lowest BCUT2D eigenvalue weighted by Crippen LogP contribution is -1.98. The summed E-state index contributed by atoms with van der Waals surface area (Å²) in [4.78, 5) is 0. The second kappa shape index (κ2) is 38.4. The van der Waals surface area contributed by atoms with E-state index in [1.165, 1.54) is 0 Å². The predicted molar refractivity (Wildman–Crippen MR) is 384 cm³/mol. The quantitative estimate of drug-likeness (QED) is 0.145. The van der Waals surface area contributed by atoms with E-state index in [0.717, 1.165) is 122 Å². The number of hydrogen-bond acceptors (Lipinski definition) is 11. The Morgan fingerprint density at radius 2 is 0.121 bits per heavy atom. The Bertz CT molecular complexity index is 2890.